The second kappa shape index (κ2) is 7.39. The first-order chi connectivity index (χ1) is 12.6. The SMILES string of the molecule is O=C(O)[C@@H]1[C@H]2CC[C@@H](C2)[C@H]1C(=O)Nc1ccc(CN2CCCCC2)cc1. The molecule has 26 heavy (non-hydrogen) atoms. The Bertz CT molecular complexity index is 666. The molecular formula is C21H28N2O3. The number of hydrogen-bond donors (Lipinski definition) is 2. The predicted octanol–water partition coefficient (Wildman–Crippen LogP) is 3.36. The highest BCUT2D eigenvalue weighted by atomic mass is 16.4. The summed E-state index contributed by atoms with van der Waals surface area (Å²) in [6.45, 7) is 3.29. The maximum atomic E-state index is 12.7. The Morgan fingerprint density at radius 1 is 1.00 bits per heavy atom. The maximum Gasteiger partial charge on any atom is 0.307 e. The number of rotatable bonds is 5. The molecule has 4 atom stereocenters. The number of nitrogens with one attached hydrogen (secondary N) is 1. The Kier molecular flexibility index (Phi) is 4.98. The van der Waals surface area contributed by atoms with E-state index in [4.69, 9.17) is 0 Å². The van der Waals surface area contributed by atoms with E-state index in [1.807, 2.05) is 12.1 Å². The Hall–Kier alpha value is -1.88. The Morgan fingerprint density at radius 2 is 1.65 bits per heavy atom. The number of likely N-dealkylation sites (tertiary alicyclic amines) is 1. The first kappa shape index (κ1) is 17.5. The Labute approximate surface area is 154 Å². The van der Waals surface area contributed by atoms with Gasteiger partial charge in [0, 0.05) is 12.2 Å². The van der Waals surface area contributed by atoms with Gasteiger partial charge >= 0.3 is 5.97 Å². The smallest absolute Gasteiger partial charge is 0.307 e. The van der Waals surface area contributed by atoms with Gasteiger partial charge in [-0.25, -0.2) is 0 Å². The molecule has 3 aliphatic rings. The van der Waals surface area contributed by atoms with Crippen molar-refractivity contribution in [2.45, 2.75) is 45.1 Å². The molecule has 0 aromatic heterocycles. The van der Waals surface area contributed by atoms with Gasteiger partial charge in [0.25, 0.3) is 0 Å². The molecule has 2 N–H and O–H groups in total. The van der Waals surface area contributed by atoms with Crippen LogP contribution in [0.4, 0.5) is 5.69 Å². The second-order valence-electron chi connectivity index (χ2n) is 8.25. The first-order valence-electron chi connectivity index (χ1n) is 9.97. The van der Waals surface area contributed by atoms with E-state index in [1.165, 1.54) is 37.9 Å². The molecule has 0 unspecified atom stereocenters. The van der Waals surface area contributed by atoms with Gasteiger partial charge in [-0.15, -0.1) is 0 Å². The number of anilines is 1. The molecule has 0 spiro atoms. The van der Waals surface area contributed by atoms with E-state index in [1.54, 1.807) is 0 Å². The number of carboxylic acid groups (broad SMARTS) is 1. The van der Waals surface area contributed by atoms with Gasteiger partial charge in [-0.3, -0.25) is 14.5 Å². The van der Waals surface area contributed by atoms with E-state index in [0.717, 1.165) is 31.5 Å². The van der Waals surface area contributed by atoms with E-state index in [9.17, 15) is 14.7 Å². The van der Waals surface area contributed by atoms with Gasteiger partial charge in [-0.1, -0.05) is 18.6 Å². The van der Waals surface area contributed by atoms with Crippen LogP contribution in [0.3, 0.4) is 0 Å². The van der Waals surface area contributed by atoms with Gasteiger partial charge in [0.1, 0.15) is 0 Å². The van der Waals surface area contributed by atoms with Crippen molar-refractivity contribution in [2.75, 3.05) is 18.4 Å². The molecular weight excluding hydrogens is 328 g/mol. The summed E-state index contributed by atoms with van der Waals surface area (Å²) in [5, 5.41) is 12.5. The van der Waals surface area contributed by atoms with Gasteiger partial charge in [-0.2, -0.15) is 0 Å². The van der Waals surface area contributed by atoms with Crippen molar-refractivity contribution in [1.82, 2.24) is 4.90 Å². The van der Waals surface area contributed by atoms with Gasteiger partial charge in [0.2, 0.25) is 5.91 Å². The molecule has 1 heterocycles. The van der Waals surface area contributed by atoms with Crippen LogP contribution in [0.15, 0.2) is 24.3 Å². The standard InChI is InChI=1S/C21H28N2O3/c24-20(18-15-6-7-16(12-15)19(18)21(25)26)22-17-8-4-14(5-9-17)13-23-10-2-1-3-11-23/h4-5,8-9,15-16,18-19H,1-3,6-7,10-13H2,(H,22,24)(H,25,26)/t15-,16-,18+,19+/m0/s1. The number of carbonyl (C=O) groups is 2. The van der Waals surface area contributed by atoms with Crippen molar-refractivity contribution in [3.05, 3.63) is 29.8 Å². The summed E-state index contributed by atoms with van der Waals surface area (Å²) in [6, 6.07) is 8.03. The number of hydrogen-bond acceptors (Lipinski definition) is 3. The van der Waals surface area contributed by atoms with Crippen LogP contribution in [0.2, 0.25) is 0 Å². The number of carboxylic acids is 1. The highest BCUT2D eigenvalue weighted by Crippen LogP contribution is 2.52. The van der Waals surface area contributed by atoms with Crippen molar-refractivity contribution in [3.8, 4) is 0 Å². The van der Waals surface area contributed by atoms with Gasteiger partial charge in [0.05, 0.1) is 11.8 Å². The summed E-state index contributed by atoms with van der Waals surface area (Å²) in [7, 11) is 0. The fourth-order valence-electron chi connectivity index (χ4n) is 5.32. The van der Waals surface area contributed by atoms with E-state index < -0.39 is 11.9 Å². The minimum atomic E-state index is -0.811. The minimum Gasteiger partial charge on any atom is -0.481 e. The molecule has 1 aromatic rings. The summed E-state index contributed by atoms with van der Waals surface area (Å²) in [5.41, 5.74) is 2.03. The fraction of sp³-hybridized carbons (Fsp3) is 0.619. The molecule has 2 bridgehead atoms. The summed E-state index contributed by atoms with van der Waals surface area (Å²) in [5.74, 6) is -1.39. The zero-order valence-electron chi connectivity index (χ0n) is 15.2. The Balaban J connectivity index is 1.37. The zero-order chi connectivity index (χ0) is 18.1. The predicted molar refractivity (Wildman–Crippen MR) is 99.6 cm³/mol. The van der Waals surface area contributed by atoms with Crippen LogP contribution in [0.1, 0.15) is 44.1 Å². The lowest BCUT2D eigenvalue weighted by Gasteiger charge is -2.27. The van der Waals surface area contributed by atoms with Crippen molar-refractivity contribution in [3.63, 3.8) is 0 Å². The molecule has 140 valence electrons. The zero-order valence-corrected chi connectivity index (χ0v) is 15.2. The average Bonchev–Trinajstić information content (AvgIpc) is 3.25. The molecule has 2 saturated carbocycles. The monoisotopic (exact) mass is 356 g/mol. The second-order valence-corrected chi connectivity index (χ2v) is 8.25. The number of benzene rings is 1. The van der Waals surface area contributed by atoms with Crippen molar-refractivity contribution >= 4 is 17.6 Å². The van der Waals surface area contributed by atoms with Gasteiger partial charge in [-0.05, 0) is 74.7 Å². The number of amides is 1. The lowest BCUT2D eigenvalue weighted by atomic mass is 9.78. The van der Waals surface area contributed by atoms with Crippen molar-refractivity contribution in [2.24, 2.45) is 23.7 Å². The summed E-state index contributed by atoms with van der Waals surface area (Å²) < 4.78 is 0. The quantitative estimate of drug-likeness (QED) is 0.849. The Morgan fingerprint density at radius 3 is 2.31 bits per heavy atom. The van der Waals surface area contributed by atoms with Gasteiger partial charge < -0.3 is 10.4 Å². The number of carbonyl (C=O) groups excluding carboxylic acids is 1. The fourth-order valence-corrected chi connectivity index (χ4v) is 5.32. The van der Waals surface area contributed by atoms with Crippen molar-refractivity contribution < 1.29 is 14.7 Å². The lowest BCUT2D eigenvalue weighted by Crippen LogP contribution is -2.37. The van der Waals surface area contributed by atoms with Gasteiger partial charge in [0.15, 0.2) is 0 Å². The van der Waals surface area contributed by atoms with Crippen LogP contribution < -0.4 is 5.32 Å². The van der Waals surface area contributed by atoms with E-state index >= 15 is 0 Å². The third-order valence-corrected chi connectivity index (χ3v) is 6.58. The first-order valence-corrected chi connectivity index (χ1v) is 9.97. The van der Waals surface area contributed by atoms with Crippen LogP contribution in [0.25, 0.3) is 0 Å². The number of piperidine rings is 1. The molecule has 1 aromatic carbocycles. The number of nitrogens with zero attached hydrogens (tertiary/aromatic N) is 1. The van der Waals surface area contributed by atoms with Crippen LogP contribution >= 0.6 is 0 Å². The summed E-state index contributed by atoms with van der Waals surface area (Å²) >= 11 is 0. The van der Waals surface area contributed by atoms with Crippen LogP contribution in [0.5, 0.6) is 0 Å². The highest BCUT2D eigenvalue weighted by molar-refractivity contribution is 5.96. The summed E-state index contributed by atoms with van der Waals surface area (Å²) in [4.78, 5) is 26.8. The van der Waals surface area contributed by atoms with Crippen molar-refractivity contribution in [1.29, 1.82) is 0 Å². The number of aliphatic carboxylic acids is 1. The van der Waals surface area contributed by atoms with Crippen LogP contribution in [0, 0.1) is 23.7 Å². The third-order valence-electron chi connectivity index (χ3n) is 6.58. The number of fused-ring (bicyclic) bond motifs is 2. The molecule has 2 aliphatic carbocycles. The molecule has 1 aliphatic heterocycles. The van der Waals surface area contributed by atoms with Crippen LogP contribution in [-0.2, 0) is 16.1 Å². The normalized spacial score (nSPS) is 31.1. The largest absolute Gasteiger partial charge is 0.481 e. The summed E-state index contributed by atoms with van der Waals surface area (Å²) in [6.07, 6.45) is 6.73. The topological polar surface area (TPSA) is 69.6 Å². The minimum absolute atomic E-state index is 0.117. The van der Waals surface area contributed by atoms with Crippen LogP contribution in [-0.4, -0.2) is 35.0 Å². The highest BCUT2D eigenvalue weighted by Gasteiger charge is 2.53. The van der Waals surface area contributed by atoms with E-state index in [0.29, 0.717) is 0 Å². The molecule has 4 rings (SSSR count). The van der Waals surface area contributed by atoms with E-state index in [-0.39, 0.29) is 23.7 Å². The molecule has 3 fully saturated rings. The molecule has 5 nitrogen and oxygen atoms in total. The average molecular weight is 356 g/mol. The third kappa shape index (κ3) is 3.50. The maximum absolute atomic E-state index is 12.7. The molecule has 1 amide bonds. The molecule has 1 saturated heterocycles. The molecule has 0 radical (unpaired) electrons. The lowest BCUT2D eigenvalue weighted by molar-refractivity contribution is -0.148. The van der Waals surface area contributed by atoms with E-state index in [2.05, 4.69) is 22.3 Å². The molecule has 5 heteroatoms.